The van der Waals surface area contributed by atoms with Crippen LogP contribution >= 0.6 is 23.4 Å². The highest BCUT2D eigenvalue weighted by Gasteiger charge is 2.13. The standard InChI is InChI=1S/C15H14ClN5O2S/c16-11-5-3-10(4-6-11)14-19-20-15(21(14)17)24-9-13(22)18-8-12-2-1-7-23-12/h1-7H,8-9,17H2,(H,18,22). The van der Waals surface area contributed by atoms with Crippen molar-refractivity contribution < 1.29 is 9.21 Å². The maximum Gasteiger partial charge on any atom is 0.230 e. The van der Waals surface area contributed by atoms with Crippen molar-refractivity contribution in [1.29, 1.82) is 0 Å². The van der Waals surface area contributed by atoms with Crippen LogP contribution in [-0.2, 0) is 11.3 Å². The van der Waals surface area contributed by atoms with Crippen LogP contribution in [0, 0.1) is 0 Å². The summed E-state index contributed by atoms with van der Waals surface area (Å²) in [5.74, 6) is 7.23. The number of nitrogens with one attached hydrogen (secondary N) is 1. The third-order valence-corrected chi connectivity index (χ3v) is 4.33. The lowest BCUT2D eigenvalue weighted by molar-refractivity contribution is -0.118. The summed E-state index contributed by atoms with van der Waals surface area (Å²) < 4.78 is 6.50. The summed E-state index contributed by atoms with van der Waals surface area (Å²) in [4.78, 5) is 11.9. The van der Waals surface area contributed by atoms with E-state index in [0.29, 0.717) is 28.3 Å². The van der Waals surface area contributed by atoms with Crippen molar-refractivity contribution in [1.82, 2.24) is 20.2 Å². The molecular formula is C15H14ClN5O2S. The molecule has 3 N–H and O–H groups in total. The molecular weight excluding hydrogens is 350 g/mol. The van der Waals surface area contributed by atoms with E-state index in [1.54, 1.807) is 42.7 Å². The highest BCUT2D eigenvalue weighted by Crippen LogP contribution is 2.22. The van der Waals surface area contributed by atoms with Crippen molar-refractivity contribution in [2.75, 3.05) is 11.6 Å². The van der Waals surface area contributed by atoms with Crippen molar-refractivity contribution in [2.45, 2.75) is 11.7 Å². The maximum atomic E-state index is 11.9. The summed E-state index contributed by atoms with van der Waals surface area (Å²) in [5, 5.41) is 11.9. The Kier molecular flexibility index (Phi) is 5.07. The number of thioether (sulfide) groups is 1. The molecule has 0 aliphatic carbocycles. The number of nitrogens with zero attached hydrogens (tertiary/aromatic N) is 3. The SMILES string of the molecule is Nn1c(SCC(=O)NCc2ccco2)nnc1-c1ccc(Cl)cc1. The van der Waals surface area contributed by atoms with Crippen LogP contribution in [0.15, 0.2) is 52.2 Å². The van der Waals surface area contributed by atoms with Crippen LogP contribution in [0.2, 0.25) is 5.02 Å². The highest BCUT2D eigenvalue weighted by atomic mass is 35.5. The van der Waals surface area contributed by atoms with E-state index in [1.807, 2.05) is 0 Å². The minimum atomic E-state index is -0.146. The van der Waals surface area contributed by atoms with Crippen LogP contribution in [0.1, 0.15) is 5.76 Å². The van der Waals surface area contributed by atoms with E-state index in [1.165, 1.54) is 16.4 Å². The third-order valence-electron chi connectivity index (χ3n) is 3.14. The minimum absolute atomic E-state index is 0.146. The Hall–Kier alpha value is -2.45. The molecule has 2 heterocycles. The second-order valence-corrected chi connectivity index (χ2v) is 6.21. The first-order valence-corrected chi connectivity index (χ1v) is 8.38. The predicted octanol–water partition coefficient (Wildman–Crippen LogP) is 2.31. The predicted molar refractivity (Wildman–Crippen MR) is 91.9 cm³/mol. The Balaban J connectivity index is 1.58. The molecule has 0 fully saturated rings. The fourth-order valence-corrected chi connectivity index (χ4v) is 2.76. The molecule has 0 saturated carbocycles. The van der Waals surface area contributed by atoms with Crippen LogP contribution in [-0.4, -0.2) is 26.5 Å². The molecule has 1 amide bonds. The van der Waals surface area contributed by atoms with E-state index >= 15 is 0 Å². The zero-order valence-corrected chi connectivity index (χ0v) is 14.0. The fourth-order valence-electron chi connectivity index (χ4n) is 1.95. The Bertz CT molecular complexity index is 817. The number of rotatable bonds is 6. The van der Waals surface area contributed by atoms with Gasteiger partial charge in [-0.3, -0.25) is 4.79 Å². The van der Waals surface area contributed by atoms with E-state index in [-0.39, 0.29) is 11.7 Å². The first-order chi connectivity index (χ1) is 11.6. The largest absolute Gasteiger partial charge is 0.467 e. The van der Waals surface area contributed by atoms with Crippen molar-refractivity contribution in [3.8, 4) is 11.4 Å². The lowest BCUT2D eigenvalue weighted by Gasteiger charge is -2.04. The van der Waals surface area contributed by atoms with Crippen molar-refractivity contribution >= 4 is 29.3 Å². The molecule has 0 bridgehead atoms. The number of hydrogen-bond acceptors (Lipinski definition) is 6. The monoisotopic (exact) mass is 363 g/mol. The third kappa shape index (κ3) is 3.90. The van der Waals surface area contributed by atoms with Gasteiger partial charge in [-0.05, 0) is 36.4 Å². The quantitative estimate of drug-likeness (QED) is 0.515. The van der Waals surface area contributed by atoms with Crippen LogP contribution in [0.4, 0.5) is 0 Å². The van der Waals surface area contributed by atoms with Crippen LogP contribution in [0.25, 0.3) is 11.4 Å². The number of hydrogen-bond donors (Lipinski definition) is 2. The number of nitrogens with two attached hydrogens (primary N) is 1. The molecule has 0 aliphatic rings. The molecule has 0 saturated heterocycles. The lowest BCUT2D eigenvalue weighted by atomic mass is 10.2. The average molecular weight is 364 g/mol. The molecule has 0 aliphatic heterocycles. The van der Waals surface area contributed by atoms with Gasteiger partial charge in [-0.1, -0.05) is 23.4 Å². The highest BCUT2D eigenvalue weighted by molar-refractivity contribution is 7.99. The number of nitrogen functional groups attached to an aromatic ring is 1. The van der Waals surface area contributed by atoms with Crippen LogP contribution in [0.5, 0.6) is 0 Å². The Morgan fingerprint density at radius 1 is 1.29 bits per heavy atom. The molecule has 1 aromatic carbocycles. The van der Waals surface area contributed by atoms with Crippen LogP contribution in [0.3, 0.4) is 0 Å². The normalized spacial score (nSPS) is 10.7. The Labute approximate surface area is 147 Å². The van der Waals surface area contributed by atoms with E-state index in [4.69, 9.17) is 21.9 Å². The van der Waals surface area contributed by atoms with Gasteiger partial charge in [0.15, 0.2) is 5.82 Å². The van der Waals surface area contributed by atoms with Gasteiger partial charge < -0.3 is 15.6 Å². The first kappa shape index (κ1) is 16.4. The number of amides is 1. The number of halogens is 1. The van der Waals surface area contributed by atoms with Gasteiger partial charge in [-0.2, -0.15) is 0 Å². The molecule has 2 aromatic heterocycles. The summed E-state index contributed by atoms with van der Waals surface area (Å²) >= 11 is 7.07. The molecule has 9 heteroatoms. The minimum Gasteiger partial charge on any atom is -0.467 e. The smallest absolute Gasteiger partial charge is 0.230 e. The number of aromatic nitrogens is 3. The molecule has 3 rings (SSSR count). The molecule has 0 atom stereocenters. The van der Waals surface area contributed by atoms with Gasteiger partial charge in [0.1, 0.15) is 5.76 Å². The topological polar surface area (TPSA) is 99.0 Å². The zero-order valence-electron chi connectivity index (χ0n) is 12.5. The molecule has 124 valence electrons. The summed E-state index contributed by atoms with van der Waals surface area (Å²) in [7, 11) is 0. The van der Waals surface area contributed by atoms with Gasteiger partial charge in [-0.15, -0.1) is 10.2 Å². The van der Waals surface area contributed by atoms with Gasteiger partial charge in [-0.25, -0.2) is 4.68 Å². The van der Waals surface area contributed by atoms with Crippen LogP contribution < -0.4 is 11.2 Å². The molecule has 3 aromatic rings. The van der Waals surface area contributed by atoms with Crippen molar-refractivity contribution in [3.63, 3.8) is 0 Å². The molecule has 7 nitrogen and oxygen atoms in total. The second kappa shape index (κ2) is 7.41. The Morgan fingerprint density at radius 3 is 2.79 bits per heavy atom. The van der Waals surface area contributed by atoms with Crippen molar-refractivity contribution in [3.05, 3.63) is 53.4 Å². The fraction of sp³-hybridized carbons (Fsp3) is 0.133. The number of benzene rings is 1. The lowest BCUT2D eigenvalue weighted by Crippen LogP contribution is -2.24. The van der Waals surface area contributed by atoms with Gasteiger partial charge in [0.2, 0.25) is 11.1 Å². The van der Waals surface area contributed by atoms with E-state index < -0.39 is 0 Å². The number of furan rings is 1. The van der Waals surface area contributed by atoms with Crippen molar-refractivity contribution in [2.24, 2.45) is 0 Å². The van der Waals surface area contributed by atoms with Gasteiger partial charge in [0.05, 0.1) is 18.6 Å². The first-order valence-electron chi connectivity index (χ1n) is 7.02. The second-order valence-electron chi connectivity index (χ2n) is 4.83. The number of carbonyl (C=O) groups excluding carboxylic acids is 1. The molecule has 24 heavy (non-hydrogen) atoms. The number of carbonyl (C=O) groups is 1. The molecule has 0 radical (unpaired) electrons. The maximum absolute atomic E-state index is 11.9. The summed E-state index contributed by atoms with van der Waals surface area (Å²) in [6, 6.07) is 10.7. The zero-order chi connectivity index (χ0) is 16.9. The average Bonchev–Trinajstić information content (AvgIpc) is 3.22. The Morgan fingerprint density at radius 2 is 2.08 bits per heavy atom. The molecule has 0 unspecified atom stereocenters. The van der Waals surface area contributed by atoms with E-state index in [0.717, 1.165) is 5.56 Å². The summed E-state index contributed by atoms with van der Waals surface area (Å²) in [6.07, 6.45) is 1.56. The van der Waals surface area contributed by atoms with Gasteiger partial charge in [0.25, 0.3) is 0 Å². The van der Waals surface area contributed by atoms with E-state index in [9.17, 15) is 4.79 Å². The van der Waals surface area contributed by atoms with Gasteiger partial charge in [0, 0.05) is 10.6 Å². The molecule has 0 spiro atoms. The summed E-state index contributed by atoms with van der Waals surface area (Å²) in [6.45, 7) is 0.345. The van der Waals surface area contributed by atoms with E-state index in [2.05, 4.69) is 15.5 Å². The van der Waals surface area contributed by atoms with Gasteiger partial charge >= 0.3 is 0 Å². The summed E-state index contributed by atoms with van der Waals surface area (Å²) in [5.41, 5.74) is 0.795.